The van der Waals surface area contributed by atoms with E-state index in [2.05, 4.69) is 0 Å². The van der Waals surface area contributed by atoms with Crippen molar-refractivity contribution in [3.8, 4) is 23.0 Å². The predicted octanol–water partition coefficient (Wildman–Crippen LogP) is 2.59. The van der Waals surface area contributed by atoms with E-state index in [1.54, 1.807) is 37.4 Å². The van der Waals surface area contributed by atoms with Crippen LogP contribution >= 0.6 is 0 Å². The summed E-state index contributed by atoms with van der Waals surface area (Å²) in [4.78, 5) is 27.3. The van der Waals surface area contributed by atoms with Crippen molar-refractivity contribution < 1.29 is 38.7 Å². The number of likely N-dealkylation sites (tertiary alicyclic amines) is 1. The quantitative estimate of drug-likeness (QED) is 0.292. The summed E-state index contributed by atoms with van der Waals surface area (Å²) in [5.41, 5.74) is 0.699. The number of hydrogen-bond donors (Lipinski definition) is 2. The van der Waals surface area contributed by atoms with Crippen LogP contribution in [0.15, 0.2) is 42.0 Å². The molecular formula is C23H23NO8. The number of aromatic hydroxyl groups is 1. The van der Waals surface area contributed by atoms with Gasteiger partial charge < -0.3 is 34.1 Å². The summed E-state index contributed by atoms with van der Waals surface area (Å²) in [5.74, 6) is -0.811. The third kappa shape index (κ3) is 3.71. The Hall–Kier alpha value is -3.72. The van der Waals surface area contributed by atoms with Gasteiger partial charge in [0.05, 0.1) is 18.7 Å². The molecule has 1 amide bonds. The second kappa shape index (κ2) is 8.80. The molecule has 2 aromatic rings. The first kappa shape index (κ1) is 21.5. The molecule has 9 nitrogen and oxygen atoms in total. The molecular weight excluding hydrogens is 418 g/mol. The van der Waals surface area contributed by atoms with Crippen LogP contribution in [-0.4, -0.2) is 61.0 Å². The largest absolute Gasteiger partial charge is 0.507 e. The molecule has 0 aromatic heterocycles. The molecule has 1 atom stereocenters. The second-order valence-electron chi connectivity index (χ2n) is 7.34. The molecule has 2 aromatic carbocycles. The number of carbonyl (C=O) groups is 2. The van der Waals surface area contributed by atoms with Gasteiger partial charge >= 0.3 is 0 Å². The molecule has 1 fully saturated rings. The van der Waals surface area contributed by atoms with E-state index in [1.807, 2.05) is 0 Å². The Morgan fingerprint density at radius 1 is 1.12 bits per heavy atom. The Bertz CT molecular complexity index is 1090. The summed E-state index contributed by atoms with van der Waals surface area (Å²) in [6, 6.07) is 8.48. The fourth-order valence-electron chi connectivity index (χ4n) is 3.91. The van der Waals surface area contributed by atoms with Gasteiger partial charge in [0.1, 0.15) is 5.76 Å². The lowest BCUT2D eigenvalue weighted by atomic mass is 9.95. The highest BCUT2D eigenvalue weighted by Crippen LogP contribution is 2.43. The van der Waals surface area contributed by atoms with Gasteiger partial charge in [-0.1, -0.05) is 6.07 Å². The number of Topliss-reactive ketones (excluding diaryl/α,β-unsaturated/α-hetero) is 1. The zero-order chi connectivity index (χ0) is 22.8. The van der Waals surface area contributed by atoms with Gasteiger partial charge in [-0.3, -0.25) is 9.59 Å². The maximum Gasteiger partial charge on any atom is 0.295 e. The molecule has 2 heterocycles. The lowest BCUT2D eigenvalue weighted by molar-refractivity contribution is -0.140. The minimum absolute atomic E-state index is 0.0641. The van der Waals surface area contributed by atoms with Gasteiger partial charge in [0.15, 0.2) is 23.0 Å². The van der Waals surface area contributed by atoms with Gasteiger partial charge in [-0.2, -0.15) is 0 Å². The Kier molecular flexibility index (Phi) is 5.91. The first-order chi connectivity index (χ1) is 15.5. The third-order valence-corrected chi connectivity index (χ3v) is 5.45. The Labute approximate surface area is 184 Å². The van der Waals surface area contributed by atoms with E-state index in [9.17, 15) is 19.8 Å². The number of aliphatic hydroxyl groups excluding tert-OH is 1. The van der Waals surface area contributed by atoms with Gasteiger partial charge in [-0.25, -0.2) is 0 Å². The van der Waals surface area contributed by atoms with Gasteiger partial charge in [-0.05, 0) is 42.3 Å². The lowest BCUT2D eigenvalue weighted by Crippen LogP contribution is -2.31. The third-order valence-electron chi connectivity index (χ3n) is 5.45. The monoisotopic (exact) mass is 441 g/mol. The average molecular weight is 441 g/mol. The molecule has 2 N–H and O–H groups in total. The van der Waals surface area contributed by atoms with E-state index in [-0.39, 0.29) is 36.2 Å². The molecule has 4 rings (SSSR count). The molecule has 1 saturated heterocycles. The molecule has 2 aliphatic rings. The first-order valence-corrected chi connectivity index (χ1v) is 10.0. The molecule has 0 aliphatic carbocycles. The fourth-order valence-corrected chi connectivity index (χ4v) is 3.91. The number of phenols is 1. The van der Waals surface area contributed by atoms with E-state index in [0.717, 1.165) is 0 Å². The molecule has 9 heteroatoms. The zero-order valence-corrected chi connectivity index (χ0v) is 17.7. The van der Waals surface area contributed by atoms with Crippen molar-refractivity contribution in [2.45, 2.75) is 12.5 Å². The van der Waals surface area contributed by atoms with Gasteiger partial charge in [-0.15, -0.1) is 0 Å². The summed E-state index contributed by atoms with van der Waals surface area (Å²) < 4.78 is 20.8. The minimum atomic E-state index is -0.894. The van der Waals surface area contributed by atoms with Crippen LogP contribution in [0, 0.1) is 0 Å². The van der Waals surface area contributed by atoms with Crippen LogP contribution in [0.1, 0.15) is 23.6 Å². The number of ether oxygens (including phenoxy) is 4. The van der Waals surface area contributed by atoms with Crippen molar-refractivity contribution in [1.29, 1.82) is 0 Å². The van der Waals surface area contributed by atoms with E-state index in [4.69, 9.17) is 18.9 Å². The molecule has 0 radical (unpaired) electrons. The number of nitrogens with zero attached hydrogens (tertiary/aromatic N) is 1. The number of phenolic OH excluding ortho intramolecular Hbond substituents is 1. The van der Waals surface area contributed by atoms with Crippen molar-refractivity contribution in [2.75, 3.05) is 34.2 Å². The number of hydrogen-bond acceptors (Lipinski definition) is 8. The van der Waals surface area contributed by atoms with Crippen molar-refractivity contribution in [3.63, 3.8) is 0 Å². The SMILES string of the molecule is COCCCN1C(=O)C(=O)/C(=C(\O)c2ccc3c(c2)OCO3)C1c1ccc(OC)c(O)c1. The first-order valence-electron chi connectivity index (χ1n) is 10.0. The molecule has 1 unspecified atom stereocenters. The maximum absolute atomic E-state index is 13.0. The number of carbonyl (C=O) groups excluding carboxylic acids is 2. The molecule has 2 aliphatic heterocycles. The average Bonchev–Trinajstić information content (AvgIpc) is 3.36. The highest BCUT2D eigenvalue weighted by atomic mass is 16.7. The number of ketones is 1. The predicted molar refractivity (Wildman–Crippen MR) is 113 cm³/mol. The van der Waals surface area contributed by atoms with Crippen LogP contribution in [0.5, 0.6) is 23.0 Å². The van der Waals surface area contributed by atoms with E-state index < -0.39 is 17.7 Å². The van der Waals surface area contributed by atoms with Crippen LogP contribution in [0.3, 0.4) is 0 Å². The Balaban J connectivity index is 1.82. The summed E-state index contributed by atoms with van der Waals surface area (Å²) in [6.07, 6.45) is 0.492. The van der Waals surface area contributed by atoms with Crippen molar-refractivity contribution in [2.24, 2.45) is 0 Å². The molecule has 0 saturated carbocycles. The van der Waals surface area contributed by atoms with Crippen molar-refractivity contribution >= 4 is 17.4 Å². The number of benzene rings is 2. The molecule has 0 bridgehead atoms. The number of fused-ring (bicyclic) bond motifs is 1. The second-order valence-corrected chi connectivity index (χ2v) is 7.34. The number of amides is 1. The van der Waals surface area contributed by atoms with Crippen molar-refractivity contribution in [1.82, 2.24) is 4.90 Å². The normalized spacial score (nSPS) is 18.9. The van der Waals surface area contributed by atoms with Gasteiger partial charge in [0.25, 0.3) is 11.7 Å². The number of aliphatic hydroxyl groups is 1. The Morgan fingerprint density at radius 3 is 2.62 bits per heavy atom. The van der Waals surface area contributed by atoms with Crippen LogP contribution in [0.2, 0.25) is 0 Å². The zero-order valence-electron chi connectivity index (χ0n) is 17.7. The maximum atomic E-state index is 13.0. The van der Waals surface area contributed by atoms with Crippen LogP contribution in [-0.2, 0) is 14.3 Å². The standard InChI is InChI=1S/C23H23NO8/c1-29-9-3-8-24-20(13-4-6-16(30-2)15(25)10-13)19(22(27)23(24)28)21(26)14-5-7-17-18(11-14)32-12-31-17/h4-7,10-11,20,25-26H,3,8-9,12H2,1-2H3/b21-19-. The number of methoxy groups -OCH3 is 2. The summed E-state index contributed by atoms with van der Waals surface area (Å²) in [5, 5.41) is 21.4. The topological polar surface area (TPSA) is 115 Å². The van der Waals surface area contributed by atoms with E-state index in [1.165, 1.54) is 18.1 Å². The fraction of sp³-hybridized carbons (Fsp3) is 0.304. The van der Waals surface area contributed by atoms with Gasteiger partial charge in [0.2, 0.25) is 6.79 Å². The van der Waals surface area contributed by atoms with Crippen LogP contribution in [0.4, 0.5) is 0 Å². The summed E-state index contributed by atoms with van der Waals surface area (Å²) in [7, 11) is 2.97. The van der Waals surface area contributed by atoms with Crippen LogP contribution in [0.25, 0.3) is 5.76 Å². The summed E-state index contributed by atoms with van der Waals surface area (Å²) >= 11 is 0. The lowest BCUT2D eigenvalue weighted by Gasteiger charge is -2.25. The van der Waals surface area contributed by atoms with Crippen LogP contribution < -0.4 is 14.2 Å². The smallest absolute Gasteiger partial charge is 0.295 e. The Morgan fingerprint density at radius 2 is 1.91 bits per heavy atom. The highest BCUT2D eigenvalue weighted by Gasteiger charge is 2.46. The minimum Gasteiger partial charge on any atom is -0.507 e. The van der Waals surface area contributed by atoms with E-state index in [0.29, 0.717) is 35.7 Å². The van der Waals surface area contributed by atoms with E-state index >= 15 is 0 Å². The highest BCUT2D eigenvalue weighted by molar-refractivity contribution is 6.46. The molecule has 168 valence electrons. The van der Waals surface area contributed by atoms with Gasteiger partial charge in [0, 0.05) is 25.8 Å². The molecule has 32 heavy (non-hydrogen) atoms. The number of rotatable bonds is 7. The summed E-state index contributed by atoms with van der Waals surface area (Å²) in [6.45, 7) is 0.689. The molecule has 0 spiro atoms. The van der Waals surface area contributed by atoms with Crippen molar-refractivity contribution in [3.05, 3.63) is 53.1 Å².